The molecule has 0 saturated carbocycles. The number of nitrogens with zero attached hydrogens (tertiary/aromatic N) is 3. The number of unbranched alkanes of at least 4 members (excludes halogenated alkanes) is 4. The molecule has 0 aliphatic heterocycles. The fourth-order valence-corrected chi connectivity index (χ4v) is 3.42. The molecule has 31 heavy (non-hydrogen) atoms. The fourth-order valence-electron chi connectivity index (χ4n) is 3.42. The van der Waals surface area contributed by atoms with Crippen LogP contribution < -0.4 is 4.90 Å². The summed E-state index contributed by atoms with van der Waals surface area (Å²) in [6, 6.07) is 11.5. The second-order valence-electron chi connectivity index (χ2n) is 7.59. The SMILES string of the molecule is CCCCCN(CCCCC)c1ccc(C=Cc2ccc([N+](=O)[O-])cc2)cc1[N+](=O)[O-]. The van der Waals surface area contributed by atoms with Gasteiger partial charge in [-0.2, -0.15) is 0 Å². The average molecular weight is 426 g/mol. The lowest BCUT2D eigenvalue weighted by Crippen LogP contribution is -2.26. The molecule has 0 aliphatic rings. The standard InChI is InChI=1S/C24H31N3O4/c1-3-5-7-17-25(18-8-6-4-2)23-16-13-21(19-24(23)27(30)31)10-9-20-11-14-22(15-12-20)26(28)29/h9-16,19H,3-8,17-18H2,1-2H3. The highest BCUT2D eigenvalue weighted by Gasteiger charge is 2.19. The quantitative estimate of drug-likeness (QED) is 0.151. The summed E-state index contributed by atoms with van der Waals surface area (Å²) in [6.07, 6.45) is 10.0. The zero-order valence-corrected chi connectivity index (χ0v) is 18.3. The monoisotopic (exact) mass is 425 g/mol. The summed E-state index contributed by atoms with van der Waals surface area (Å²) in [7, 11) is 0. The van der Waals surface area contributed by atoms with Gasteiger partial charge in [-0.3, -0.25) is 20.2 Å². The van der Waals surface area contributed by atoms with Gasteiger partial charge in [0.1, 0.15) is 5.69 Å². The van der Waals surface area contributed by atoms with Gasteiger partial charge in [0.15, 0.2) is 0 Å². The third-order valence-electron chi connectivity index (χ3n) is 5.17. The maximum atomic E-state index is 11.8. The molecule has 2 aromatic rings. The summed E-state index contributed by atoms with van der Waals surface area (Å²) in [5, 5.41) is 22.6. The molecule has 7 nitrogen and oxygen atoms in total. The molecule has 0 aliphatic carbocycles. The summed E-state index contributed by atoms with van der Waals surface area (Å²) >= 11 is 0. The fraction of sp³-hybridized carbons (Fsp3) is 0.417. The predicted molar refractivity (Wildman–Crippen MR) is 126 cm³/mol. The highest BCUT2D eigenvalue weighted by atomic mass is 16.6. The van der Waals surface area contributed by atoms with Crippen molar-refractivity contribution in [2.75, 3.05) is 18.0 Å². The van der Waals surface area contributed by atoms with Crippen molar-refractivity contribution in [1.82, 2.24) is 0 Å². The maximum absolute atomic E-state index is 11.8. The van der Waals surface area contributed by atoms with E-state index in [1.54, 1.807) is 30.4 Å². The number of hydrogen-bond donors (Lipinski definition) is 0. The summed E-state index contributed by atoms with van der Waals surface area (Å²) in [5.41, 5.74) is 2.32. The van der Waals surface area contributed by atoms with Crippen molar-refractivity contribution in [2.24, 2.45) is 0 Å². The van der Waals surface area contributed by atoms with Gasteiger partial charge in [-0.05, 0) is 42.2 Å². The number of nitro groups is 2. The van der Waals surface area contributed by atoms with Gasteiger partial charge >= 0.3 is 0 Å². The Bertz CT molecular complexity index is 884. The van der Waals surface area contributed by atoms with Crippen molar-refractivity contribution in [2.45, 2.75) is 52.4 Å². The van der Waals surface area contributed by atoms with Gasteiger partial charge in [0.25, 0.3) is 11.4 Å². The molecule has 0 bridgehead atoms. The minimum Gasteiger partial charge on any atom is -0.366 e. The summed E-state index contributed by atoms with van der Waals surface area (Å²) < 4.78 is 0. The van der Waals surface area contributed by atoms with Crippen LogP contribution in [0.5, 0.6) is 0 Å². The van der Waals surface area contributed by atoms with Gasteiger partial charge in [-0.1, -0.05) is 57.7 Å². The van der Waals surface area contributed by atoms with Gasteiger partial charge in [0, 0.05) is 31.3 Å². The van der Waals surface area contributed by atoms with Gasteiger partial charge < -0.3 is 4.90 Å². The maximum Gasteiger partial charge on any atom is 0.293 e. The van der Waals surface area contributed by atoms with Crippen LogP contribution in [0, 0.1) is 20.2 Å². The molecule has 7 heteroatoms. The van der Waals surface area contributed by atoms with E-state index in [1.165, 1.54) is 12.1 Å². The lowest BCUT2D eigenvalue weighted by atomic mass is 10.1. The number of anilines is 1. The smallest absolute Gasteiger partial charge is 0.293 e. The van der Waals surface area contributed by atoms with Crippen molar-refractivity contribution in [3.63, 3.8) is 0 Å². The van der Waals surface area contributed by atoms with Crippen LogP contribution in [-0.4, -0.2) is 22.9 Å². The normalized spacial score (nSPS) is 11.0. The molecule has 0 heterocycles. The van der Waals surface area contributed by atoms with E-state index in [4.69, 9.17) is 0 Å². The number of non-ortho nitro benzene ring substituents is 1. The number of nitro benzene ring substituents is 2. The molecule has 2 rings (SSSR count). The van der Waals surface area contributed by atoms with E-state index < -0.39 is 4.92 Å². The first-order valence-electron chi connectivity index (χ1n) is 10.9. The van der Waals surface area contributed by atoms with E-state index in [-0.39, 0.29) is 16.3 Å². The van der Waals surface area contributed by atoms with Crippen LogP contribution in [-0.2, 0) is 0 Å². The largest absolute Gasteiger partial charge is 0.366 e. The highest BCUT2D eigenvalue weighted by molar-refractivity contribution is 5.74. The average Bonchev–Trinajstić information content (AvgIpc) is 2.77. The first-order valence-corrected chi connectivity index (χ1v) is 10.9. The van der Waals surface area contributed by atoms with E-state index >= 15 is 0 Å². The molecule has 0 atom stereocenters. The zero-order chi connectivity index (χ0) is 22.6. The van der Waals surface area contributed by atoms with Gasteiger partial charge in [-0.25, -0.2) is 0 Å². The van der Waals surface area contributed by atoms with Gasteiger partial charge in [0.05, 0.1) is 9.85 Å². The predicted octanol–water partition coefficient (Wildman–Crippen LogP) is 6.86. The Balaban J connectivity index is 2.24. The molecule has 166 valence electrons. The summed E-state index contributed by atoms with van der Waals surface area (Å²) in [5.74, 6) is 0. The van der Waals surface area contributed by atoms with Crippen LogP contribution in [0.3, 0.4) is 0 Å². The van der Waals surface area contributed by atoms with Crippen molar-refractivity contribution in [3.8, 4) is 0 Å². The first kappa shape index (κ1) is 24.1. The Kier molecular flexibility index (Phi) is 9.68. The molecule has 0 saturated heterocycles. The van der Waals surface area contributed by atoms with Crippen LogP contribution in [0.1, 0.15) is 63.5 Å². The molecule has 0 fully saturated rings. The summed E-state index contributed by atoms with van der Waals surface area (Å²) in [6.45, 7) is 5.93. The third-order valence-corrected chi connectivity index (χ3v) is 5.17. The molecular formula is C24H31N3O4. The molecule has 2 aromatic carbocycles. The third kappa shape index (κ3) is 7.51. The molecule has 0 N–H and O–H groups in total. The second-order valence-corrected chi connectivity index (χ2v) is 7.59. The first-order chi connectivity index (χ1) is 15.0. The molecule has 0 spiro atoms. The van der Waals surface area contributed by atoms with Crippen molar-refractivity contribution in [1.29, 1.82) is 0 Å². The second kappa shape index (κ2) is 12.5. The molecule has 0 radical (unpaired) electrons. The van der Waals surface area contributed by atoms with E-state index in [2.05, 4.69) is 18.7 Å². The van der Waals surface area contributed by atoms with Crippen LogP contribution in [0.25, 0.3) is 12.2 Å². The van der Waals surface area contributed by atoms with Gasteiger partial charge in [0.2, 0.25) is 0 Å². The Hall–Kier alpha value is -3.22. The number of benzene rings is 2. The van der Waals surface area contributed by atoms with E-state index in [0.29, 0.717) is 5.69 Å². The Morgan fingerprint density at radius 1 is 0.774 bits per heavy atom. The molecule has 0 unspecified atom stereocenters. The van der Waals surface area contributed by atoms with E-state index in [9.17, 15) is 20.2 Å². The minimum atomic E-state index is -0.442. The van der Waals surface area contributed by atoms with Gasteiger partial charge in [-0.15, -0.1) is 0 Å². The zero-order valence-electron chi connectivity index (χ0n) is 18.3. The molecule has 0 aromatic heterocycles. The van der Waals surface area contributed by atoms with E-state index in [1.807, 2.05) is 12.1 Å². The van der Waals surface area contributed by atoms with Crippen molar-refractivity contribution in [3.05, 3.63) is 73.8 Å². The Morgan fingerprint density at radius 3 is 1.84 bits per heavy atom. The summed E-state index contributed by atoms with van der Waals surface area (Å²) in [4.78, 5) is 24.0. The van der Waals surface area contributed by atoms with Crippen molar-refractivity contribution >= 4 is 29.2 Å². The topological polar surface area (TPSA) is 89.5 Å². The Morgan fingerprint density at radius 2 is 1.32 bits per heavy atom. The van der Waals surface area contributed by atoms with Crippen LogP contribution in [0.4, 0.5) is 17.1 Å². The minimum absolute atomic E-state index is 0.0309. The number of hydrogen-bond acceptors (Lipinski definition) is 5. The van der Waals surface area contributed by atoms with Crippen LogP contribution in [0.15, 0.2) is 42.5 Å². The lowest BCUT2D eigenvalue weighted by molar-refractivity contribution is -0.384. The lowest BCUT2D eigenvalue weighted by Gasteiger charge is -2.25. The van der Waals surface area contributed by atoms with Crippen LogP contribution >= 0.6 is 0 Å². The van der Waals surface area contributed by atoms with Crippen LogP contribution in [0.2, 0.25) is 0 Å². The van der Waals surface area contributed by atoms with E-state index in [0.717, 1.165) is 62.7 Å². The molecule has 0 amide bonds. The molecular weight excluding hydrogens is 394 g/mol. The number of rotatable bonds is 13. The van der Waals surface area contributed by atoms with Crippen molar-refractivity contribution < 1.29 is 9.85 Å². The Labute approximate surface area is 183 Å². The highest BCUT2D eigenvalue weighted by Crippen LogP contribution is 2.31.